The highest BCUT2D eigenvalue weighted by Crippen LogP contribution is 2.18. The summed E-state index contributed by atoms with van der Waals surface area (Å²) in [7, 11) is 0. The maximum atomic E-state index is 9.98. The van der Waals surface area contributed by atoms with Crippen molar-refractivity contribution in [3.63, 3.8) is 0 Å². The average Bonchev–Trinajstić information content (AvgIpc) is 3.01. The van der Waals surface area contributed by atoms with Gasteiger partial charge in [-0.2, -0.15) is 0 Å². The minimum Gasteiger partial charge on any atom is -0.508 e. The Bertz CT molecular complexity index is 825. The second-order valence-electron chi connectivity index (χ2n) is 6.89. The molecule has 26 heavy (non-hydrogen) atoms. The smallest absolute Gasteiger partial charge is 0.356 e. The quantitative estimate of drug-likeness (QED) is 0.350. The van der Waals surface area contributed by atoms with Gasteiger partial charge in [-0.25, -0.2) is 9.55 Å². The van der Waals surface area contributed by atoms with E-state index in [-0.39, 0.29) is 0 Å². The molecule has 0 aliphatic heterocycles. The van der Waals surface area contributed by atoms with Crippen molar-refractivity contribution >= 4 is 17.0 Å². The van der Waals surface area contributed by atoms with Gasteiger partial charge in [-0.1, -0.05) is 69.4 Å². The number of benzene rings is 2. The van der Waals surface area contributed by atoms with E-state index in [2.05, 4.69) is 46.1 Å². The molecule has 0 radical (unpaired) electrons. The first kappa shape index (κ1) is 18.3. The zero-order chi connectivity index (χ0) is 18.2. The van der Waals surface area contributed by atoms with E-state index in [4.69, 9.17) is 0 Å². The number of phenols is 1. The Hall–Kier alpha value is -2.49. The minimum atomic E-state index is 0.332. The van der Waals surface area contributed by atoms with E-state index < -0.39 is 0 Å². The van der Waals surface area contributed by atoms with Crippen LogP contribution in [0.1, 0.15) is 51.0 Å². The van der Waals surface area contributed by atoms with Gasteiger partial charge >= 0.3 is 5.95 Å². The highest BCUT2D eigenvalue weighted by Gasteiger charge is 2.16. The first-order valence-electron chi connectivity index (χ1n) is 9.81. The molecule has 138 valence electrons. The van der Waals surface area contributed by atoms with Crippen molar-refractivity contribution in [1.29, 1.82) is 0 Å². The summed E-state index contributed by atoms with van der Waals surface area (Å²) in [5, 5.41) is 13.5. The van der Waals surface area contributed by atoms with E-state index in [0.29, 0.717) is 12.3 Å². The Morgan fingerprint density at radius 2 is 1.65 bits per heavy atom. The lowest BCUT2D eigenvalue weighted by Gasteiger charge is -2.06. The van der Waals surface area contributed by atoms with Crippen LogP contribution in [0.5, 0.6) is 5.75 Å². The van der Waals surface area contributed by atoms with Gasteiger partial charge in [0.15, 0.2) is 0 Å². The number of aromatic hydroxyl groups is 1. The molecule has 0 fully saturated rings. The normalized spacial score (nSPS) is 11.1. The molecule has 3 rings (SSSR count). The van der Waals surface area contributed by atoms with Gasteiger partial charge in [0.1, 0.15) is 16.8 Å². The molecule has 4 heteroatoms. The average molecular weight is 353 g/mol. The van der Waals surface area contributed by atoms with Crippen LogP contribution in [-0.2, 0) is 13.1 Å². The molecular weight excluding hydrogens is 322 g/mol. The Kier molecular flexibility index (Phi) is 6.53. The van der Waals surface area contributed by atoms with Gasteiger partial charge in [0.05, 0.1) is 13.1 Å². The Morgan fingerprint density at radius 1 is 0.923 bits per heavy atom. The highest BCUT2D eigenvalue weighted by molar-refractivity contribution is 5.72. The number of fused-ring (bicyclic) bond motifs is 1. The number of aromatic nitrogens is 2. The molecule has 0 saturated carbocycles. The molecule has 0 aliphatic carbocycles. The number of hydrogen-bond donors (Lipinski definition) is 3. The Morgan fingerprint density at radius 3 is 2.50 bits per heavy atom. The molecular formula is C22H30N3O+. The number of aromatic amines is 1. The first-order valence-corrected chi connectivity index (χ1v) is 9.81. The summed E-state index contributed by atoms with van der Waals surface area (Å²) in [4.78, 5) is 3.49. The number of aryl methyl sites for hydroxylation is 1. The standard InChI is InChI=1S/C22H29N3O/c1-2-3-4-5-6-11-16-25-20-14-9-8-13-19(20)24-22(25)23-17-18-12-7-10-15-21(18)26/h7-10,12-15H,2-6,11,16-17H2,1H3,(H2,23,24,26)/p+1. The van der Waals surface area contributed by atoms with Gasteiger partial charge in [-0.3, -0.25) is 5.32 Å². The van der Waals surface area contributed by atoms with E-state index >= 15 is 0 Å². The van der Waals surface area contributed by atoms with E-state index in [1.54, 1.807) is 6.07 Å². The Labute approximate surface area is 155 Å². The molecule has 1 heterocycles. The van der Waals surface area contributed by atoms with Crippen LogP contribution in [0.4, 0.5) is 5.95 Å². The van der Waals surface area contributed by atoms with Gasteiger partial charge in [0.2, 0.25) is 0 Å². The summed E-state index contributed by atoms with van der Waals surface area (Å²) >= 11 is 0. The van der Waals surface area contributed by atoms with E-state index in [0.717, 1.165) is 23.6 Å². The van der Waals surface area contributed by atoms with Crippen molar-refractivity contribution in [1.82, 2.24) is 4.98 Å². The lowest BCUT2D eigenvalue weighted by Crippen LogP contribution is -2.36. The SMILES string of the molecule is CCCCCCCC[n+]1c(NCc2ccccc2O)[nH]c2ccccc21. The molecule has 1 aromatic heterocycles. The minimum absolute atomic E-state index is 0.332. The van der Waals surface area contributed by atoms with Crippen LogP contribution < -0.4 is 9.88 Å². The highest BCUT2D eigenvalue weighted by atomic mass is 16.3. The summed E-state index contributed by atoms with van der Waals surface area (Å²) in [6.45, 7) is 3.85. The molecule has 2 aromatic carbocycles. The van der Waals surface area contributed by atoms with Gasteiger partial charge < -0.3 is 5.11 Å². The van der Waals surface area contributed by atoms with E-state index in [9.17, 15) is 5.11 Å². The molecule has 0 spiro atoms. The number of H-pyrrole nitrogens is 1. The van der Waals surface area contributed by atoms with Crippen LogP contribution in [0.2, 0.25) is 0 Å². The summed E-state index contributed by atoms with van der Waals surface area (Å²) in [6, 6.07) is 15.9. The molecule has 4 nitrogen and oxygen atoms in total. The largest absolute Gasteiger partial charge is 0.508 e. The van der Waals surface area contributed by atoms with E-state index in [1.165, 1.54) is 44.0 Å². The number of nitrogens with zero attached hydrogens (tertiary/aromatic N) is 1. The second kappa shape index (κ2) is 9.27. The topological polar surface area (TPSA) is 51.9 Å². The molecule has 3 aromatic rings. The van der Waals surface area contributed by atoms with Crippen LogP contribution in [0.25, 0.3) is 11.0 Å². The summed E-state index contributed by atoms with van der Waals surface area (Å²) in [5.41, 5.74) is 3.26. The van der Waals surface area contributed by atoms with Crippen molar-refractivity contribution in [2.75, 3.05) is 5.32 Å². The summed E-state index contributed by atoms with van der Waals surface area (Å²) in [5.74, 6) is 1.33. The summed E-state index contributed by atoms with van der Waals surface area (Å²) < 4.78 is 2.33. The number of rotatable bonds is 10. The third kappa shape index (κ3) is 4.57. The number of unbranched alkanes of at least 4 members (excludes halogenated alkanes) is 5. The predicted molar refractivity (Wildman–Crippen MR) is 107 cm³/mol. The van der Waals surface area contributed by atoms with Crippen LogP contribution >= 0.6 is 0 Å². The third-order valence-corrected chi connectivity index (χ3v) is 4.89. The molecule has 0 saturated heterocycles. The molecule has 0 bridgehead atoms. The lowest BCUT2D eigenvalue weighted by atomic mass is 10.1. The molecule has 0 unspecified atom stereocenters. The van der Waals surface area contributed by atoms with Crippen LogP contribution in [0.15, 0.2) is 48.5 Å². The number of hydrogen-bond acceptors (Lipinski definition) is 2. The Balaban J connectivity index is 1.69. The van der Waals surface area contributed by atoms with Crippen LogP contribution in [-0.4, -0.2) is 10.1 Å². The van der Waals surface area contributed by atoms with Crippen molar-refractivity contribution in [3.8, 4) is 5.75 Å². The number of para-hydroxylation sites is 3. The zero-order valence-electron chi connectivity index (χ0n) is 15.7. The number of imidazole rings is 1. The van der Waals surface area contributed by atoms with Crippen LogP contribution in [0, 0.1) is 0 Å². The maximum absolute atomic E-state index is 9.98. The van der Waals surface area contributed by atoms with Gasteiger partial charge in [-0.15, -0.1) is 0 Å². The van der Waals surface area contributed by atoms with Gasteiger partial charge in [0.25, 0.3) is 0 Å². The molecule has 3 N–H and O–H groups in total. The summed E-state index contributed by atoms with van der Waals surface area (Å²) in [6.07, 6.45) is 7.74. The number of phenolic OH excluding ortho intramolecular Hbond substituents is 1. The lowest BCUT2D eigenvalue weighted by molar-refractivity contribution is -0.657. The van der Waals surface area contributed by atoms with Crippen molar-refractivity contribution < 1.29 is 9.67 Å². The van der Waals surface area contributed by atoms with E-state index in [1.807, 2.05) is 18.2 Å². The van der Waals surface area contributed by atoms with Crippen LogP contribution in [0.3, 0.4) is 0 Å². The van der Waals surface area contributed by atoms with Crippen molar-refractivity contribution in [2.24, 2.45) is 0 Å². The number of nitrogens with one attached hydrogen (secondary N) is 2. The fraction of sp³-hybridized carbons (Fsp3) is 0.409. The molecule has 0 atom stereocenters. The first-order chi connectivity index (χ1) is 12.8. The second-order valence-corrected chi connectivity index (χ2v) is 6.89. The molecule has 0 aliphatic rings. The van der Waals surface area contributed by atoms with Crippen molar-refractivity contribution in [2.45, 2.75) is 58.5 Å². The van der Waals surface area contributed by atoms with Gasteiger partial charge in [-0.05, 0) is 24.6 Å². The number of anilines is 1. The zero-order valence-corrected chi connectivity index (χ0v) is 15.7. The fourth-order valence-corrected chi connectivity index (χ4v) is 3.39. The predicted octanol–water partition coefficient (Wildman–Crippen LogP) is 5.13. The third-order valence-electron chi connectivity index (χ3n) is 4.89. The maximum Gasteiger partial charge on any atom is 0.356 e. The van der Waals surface area contributed by atoms with Gasteiger partial charge in [0, 0.05) is 5.56 Å². The van der Waals surface area contributed by atoms with Crippen molar-refractivity contribution in [3.05, 3.63) is 54.1 Å². The molecule has 0 amide bonds. The monoisotopic (exact) mass is 352 g/mol. The fourth-order valence-electron chi connectivity index (χ4n) is 3.39.